The highest BCUT2D eigenvalue weighted by Gasteiger charge is 2.26. The van der Waals surface area contributed by atoms with Gasteiger partial charge in [-0.05, 0) is 60.0 Å². The smallest absolute Gasteiger partial charge is 0.335 e. The largest absolute Gasteiger partial charge is 0.495 e. The molecule has 1 heterocycles. The Morgan fingerprint density at radius 3 is 2.37 bits per heavy atom. The first-order valence-electron chi connectivity index (χ1n) is 12.6. The molecule has 1 unspecified atom stereocenters. The van der Waals surface area contributed by atoms with Gasteiger partial charge >= 0.3 is 5.97 Å². The van der Waals surface area contributed by atoms with Crippen LogP contribution in [-0.2, 0) is 17.6 Å². The van der Waals surface area contributed by atoms with Crippen molar-refractivity contribution in [2.24, 2.45) is 0 Å². The van der Waals surface area contributed by atoms with E-state index in [1.807, 2.05) is 0 Å². The highest BCUT2D eigenvalue weighted by atomic mass is 35.5. The molecule has 0 amide bonds. The van der Waals surface area contributed by atoms with E-state index in [1.54, 1.807) is 54.6 Å². The number of Topliss-reactive ketones (excluding diaryl/α,β-unsaturated/α-hetero) is 2. The number of aromatic nitrogens is 1. The summed E-state index contributed by atoms with van der Waals surface area (Å²) in [5, 5.41) is 19.2. The molecule has 1 aromatic heterocycles. The zero-order valence-electron chi connectivity index (χ0n) is 22.3. The number of ketones is 2. The molecule has 0 aliphatic heterocycles. The zero-order valence-corrected chi connectivity index (χ0v) is 23.0. The van der Waals surface area contributed by atoms with Crippen LogP contribution in [0, 0.1) is 11.3 Å². The molecule has 1 N–H and O–H groups in total. The third-order valence-corrected chi connectivity index (χ3v) is 6.99. The molecule has 4 aromatic rings. The number of aromatic carboxylic acids is 1. The highest BCUT2D eigenvalue weighted by molar-refractivity contribution is 6.31. The second kappa shape index (κ2) is 12.5. The Balaban J connectivity index is 1.83. The van der Waals surface area contributed by atoms with Gasteiger partial charge in [-0.15, -0.1) is 0 Å². The molecule has 0 bridgehead atoms. The van der Waals surface area contributed by atoms with Gasteiger partial charge in [-0.25, -0.2) is 4.79 Å². The number of halogens is 1. The first-order chi connectivity index (χ1) is 19.6. The molecule has 1 atom stereocenters. The Morgan fingerprint density at radius 1 is 1.02 bits per heavy atom. The Kier molecular flexibility index (Phi) is 8.81. The van der Waals surface area contributed by atoms with Gasteiger partial charge in [0.2, 0.25) is 0 Å². The number of carboxylic acids is 1. The van der Waals surface area contributed by atoms with Crippen molar-refractivity contribution in [1.29, 1.82) is 5.26 Å². The summed E-state index contributed by atoms with van der Waals surface area (Å²) >= 11 is 6.21. The van der Waals surface area contributed by atoms with Crippen LogP contribution in [0.1, 0.15) is 50.4 Å². The summed E-state index contributed by atoms with van der Waals surface area (Å²) in [5.74, 6) is -1.39. The van der Waals surface area contributed by atoms with Crippen LogP contribution in [0.3, 0.4) is 0 Å². The molecule has 0 aliphatic carbocycles. The molecule has 0 radical (unpaired) electrons. The second-order valence-electron chi connectivity index (χ2n) is 9.38. The topological polar surface area (TPSA) is 126 Å². The summed E-state index contributed by atoms with van der Waals surface area (Å²) in [6, 6.07) is 19.9. The van der Waals surface area contributed by atoms with E-state index in [9.17, 15) is 29.5 Å². The average Bonchev–Trinajstić information content (AvgIpc) is 2.96. The number of benzene rings is 3. The van der Waals surface area contributed by atoms with Crippen molar-refractivity contribution in [3.8, 4) is 22.9 Å². The monoisotopic (exact) mass is 568 g/mol. The van der Waals surface area contributed by atoms with Crippen molar-refractivity contribution < 1.29 is 24.2 Å². The van der Waals surface area contributed by atoms with Crippen LogP contribution in [0.4, 0.5) is 0 Å². The highest BCUT2D eigenvalue weighted by Crippen LogP contribution is 2.34. The molecular formula is C32H25ClN2O6. The lowest BCUT2D eigenvalue weighted by atomic mass is 9.94. The maximum absolute atomic E-state index is 13.8. The van der Waals surface area contributed by atoms with Crippen LogP contribution >= 0.6 is 11.6 Å². The normalized spacial score (nSPS) is 11.4. The number of nitriles is 1. The van der Waals surface area contributed by atoms with Gasteiger partial charge in [-0.2, -0.15) is 5.26 Å². The molecule has 8 nitrogen and oxygen atoms in total. The van der Waals surface area contributed by atoms with Crippen molar-refractivity contribution in [2.45, 2.75) is 25.8 Å². The lowest BCUT2D eigenvalue weighted by Gasteiger charge is -2.22. The van der Waals surface area contributed by atoms with Crippen LogP contribution in [0.15, 0.2) is 83.8 Å². The lowest BCUT2D eigenvalue weighted by Crippen LogP contribution is -2.32. The minimum atomic E-state index is -1.08. The Bertz CT molecular complexity index is 1750. The summed E-state index contributed by atoms with van der Waals surface area (Å²) < 4.78 is 6.88. The summed E-state index contributed by atoms with van der Waals surface area (Å²) in [7, 11) is 1.41. The summed E-state index contributed by atoms with van der Waals surface area (Å²) in [6.07, 6.45) is 1.39. The second-order valence-corrected chi connectivity index (χ2v) is 9.82. The van der Waals surface area contributed by atoms with Crippen molar-refractivity contribution in [2.75, 3.05) is 7.11 Å². The van der Waals surface area contributed by atoms with Crippen LogP contribution in [0.2, 0.25) is 5.02 Å². The van der Waals surface area contributed by atoms with Gasteiger partial charge in [-0.3, -0.25) is 14.4 Å². The van der Waals surface area contributed by atoms with Gasteiger partial charge < -0.3 is 14.4 Å². The number of hydrogen-bond donors (Lipinski definition) is 1. The van der Waals surface area contributed by atoms with Gasteiger partial charge in [0.15, 0.2) is 11.6 Å². The molecule has 0 spiro atoms. The molecule has 3 aromatic carbocycles. The quantitative estimate of drug-likeness (QED) is 0.249. The van der Waals surface area contributed by atoms with Crippen LogP contribution in [0.5, 0.6) is 5.75 Å². The number of ether oxygens (including phenoxy) is 1. The molecule has 206 valence electrons. The summed E-state index contributed by atoms with van der Waals surface area (Å²) in [6.45, 7) is 1.41. The first-order valence-corrected chi connectivity index (χ1v) is 12.9. The van der Waals surface area contributed by atoms with Gasteiger partial charge in [0.25, 0.3) is 5.56 Å². The van der Waals surface area contributed by atoms with Crippen LogP contribution in [-0.4, -0.2) is 34.3 Å². The fourth-order valence-corrected chi connectivity index (χ4v) is 4.83. The van der Waals surface area contributed by atoms with Crippen LogP contribution in [0.25, 0.3) is 11.1 Å². The van der Waals surface area contributed by atoms with Crippen molar-refractivity contribution in [3.05, 3.63) is 122 Å². The number of carbonyl (C=O) groups is 3. The average molecular weight is 569 g/mol. The predicted octanol–water partition coefficient (Wildman–Crippen LogP) is 5.55. The van der Waals surface area contributed by atoms with E-state index >= 15 is 0 Å². The fraction of sp³-hybridized carbons (Fsp3) is 0.156. The number of methoxy groups -OCH3 is 1. The van der Waals surface area contributed by atoms with Gasteiger partial charge in [-0.1, -0.05) is 41.9 Å². The third-order valence-electron chi connectivity index (χ3n) is 6.75. The molecule has 0 saturated carbocycles. The van der Waals surface area contributed by atoms with Gasteiger partial charge in [0.05, 0.1) is 36.5 Å². The third kappa shape index (κ3) is 6.43. The molecular weight excluding hydrogens is 544 g/mol. The summed E-state index contributed by atoms with van der Waals surface area (Å²) in [5.41, 5.74) is 2.20. The molecule has 0 saturated heterocycles. The number of carbonyl (C=O) groups excluding carboxylic acids is 2. The number of carboxylic acid groups (broad SMARTS) is 1. The number of rotatable bonds is 10. The molecule has 9 heteroatoms. The van der Waals surface area contributed by atoms with Crippen LogP contribution < -0.4 is 10.3 Å². The van der Waals surface area contributed by atoms with E-state index < -0.39 is 17.6 Å². The van der Waals surface area contributed by atoms with E-state index in [1.165, 1.54) is 43.0 Å². The van der Waals surface area contributed by atoms with Gasteiger partial charge in [0.1, 0.15) is 5.75 Å². The minimum absolute atomic E-state index is 0.0496. The van der Waals surface area contributed by atoms with Crippen molar-refractivity contribution in [3.63, 3.8) is 0 Å². The molecule has 4 rings (SSSR count). The van der Waals surface area contributed by atoms with E-state index in [0.29, 0.717) is 38.4 Å². The number of hydrogen-bond acceptors (Lipinski definition) is 6. The van der Waals surface area contributed by atoms with Crippen molar-refractivity contribution >= 4 is 29.1 Å². The molecule has 41 heavy (non-hydrogen) atoms. The predicted molar refractivity (Wildman–Crippen MR) is 154 cm³/mol. The molecule has 0 aliphatic rings. The standard InChI is InChI=1S/C32H25ClN2O6/c1-19(36)25-12-11-24(33)15-26(25)27-16-31(38)35(18-30(27)41-2)28(14-22-5-3-4-6-23(22)17-34)29(37)13-20-7-9-21(10-8-20)32(39)40/h3-12,15-16,18,28H,13-14H2,1-2H3,(H,39,40). The van der Waals surface area contributed by atoms with E-state index in [4.69, 9.17) is 16.3 Å². The maximum atomic E-state index is 13.8. The first kappa shape index (κ1) is 29.0. The Morgan fingerprint density at radius 2 is 1.73 bits per heavy atom. The maximum Gasteiger partial charge on any atom is 0.335 e. The van der Waals surface area contributed by atoms with Gasteiger partial charge in [0, 0.05) is 35.1 Å². The van der Waals surface area contributed by atoms with E-state index in [-0.39, 0.29) is 35.7 Å². The fourth-order valence-electron chi connectivity index (χ4n) is 4.66. The number of nitrogens with zero attached hydrogens (tertiary/aromatic N) is 2. The minimum Gasteiger partial charge on any atom is -0.495 e. The van der Waals surface area contributed by atoms with E-state index in [2.05, 4.69) is 6.07 Å². The summed E-state index contributed by atoms with van der Waals surface area (Å²) in [4.78, 5) is 50.9. The lowest BCUT2D eigenvalue weighted by molar-refractivity contribution is -0.121. The Hall–Kier alpha value is -5.00. The Labute approximate surface area is 241 Å². The van der Waals surface area contributed by atoms with E-state index in [0.717, 1.165) is 0 Å². The number of pyridine rings is 1. The zero-order chi connectivity index (χ0) is 29.7. The molecule has 0 fully saturated rings. The van der Waals surface area contributed by atoms with Crippen molar-refractivity contribution in [1.82, 2.24) is 4.57 Å². The SMILES string of the molecule is COc1cn(C(Cc2ccccc2C#N)C(=O)Cc2ccc(C(=O)O)cc2)c(=O)cc1-c1cc(Cl)ccc1C(C)=O.